The van der Waals surface area contributed by atoms with Gasteiger partial charge in [-0.25, -0.2) is 4.39 Å². The molecule has 1 unspecified atom stereocenters. The Hall–Kier alpha value is -1.68. The fourth-order valence-corrected chi connectivity index (χ4v) is 3.51. The van der Waals surface area contributed by atoms with Gasteiger partial charge in [-0.05, 0) is 61.6 Å². The summed E-state index contributed by atoms with van der Waals surface area (Å²) < 4.78 is 14.0. The van der Waals surface area contributed by atoms with Crippen LogP contribution in [-0.4, -0.2) is 11.9 Å². The summed E-state index contributed by atoms with van der Waals surface area (Å²) in [6.45, 7) is 2.09. The lowest BCUT2D eigenvalue weighted by molar-refractivity contribution is -0.121. The van der Waals surface area contributed by atoms with Gasteiger partial charge < -0.3 is 5.32 Å². The van der Waals surface area contributed by atoms with Crippen LogP contribution in [0.3, 0.4) is 0 Å². The smallest absolute Gasteiger partial charge is 0.220 e. The van der Waals surface area contributed by atoms with E-state index in [9.17, 15) is 9.18 Å². The molecule has 126 valence electrons. The van der Waals surface area contributed by atoms with Crippen LogP contribution in [0.2, 0.25) is 0 Å². The third-order valence-electron chi connectivity index (χ3n) is 4.97. The second kappa shape index (κ2) is 7.06. The maximum Gasteiger partial charge on any atom is 0.220 e. The van der Waals surface area contributed by atoms with Gasteiger partial charge in [-0.3, -0.25) is 4.79 Å². The molecule has 3 rings (SSSR count). The minimum absolute atomic E-state index is 0.0511. The molecule has 4 heteroatoms. The number of aryl methyl sites for hydroxylation is 1. The third-order valence-corrected chi connectivity index (χ3v) is 5.50. The van der Waals surface area contributed by atoms with Crippen molar-refractivity contribution in [2.45, 2.75) is 44.1 Å². The minimum atomic E-state index is -0.248. The van der Waals surface area contributed by atoms with Crippen LogP contribution in [0.4, 0.5) is 4.39 Å². The molecule has 2 aromatic carbocycles. The SMILES string of the molecule is CC(NC(=O)CCc1ccc(F)cc1)C1(c2ccc(Br)cc2)CC1. The van der Waals surface area contributed by atoms with Crippen molar-refractivity contribution in [2.75, 3.05) is 0 Å². The van der Waals surface area contributed by atoms with Gasteiger partial charge in [-0.15, -0.1) is 0 Å². The van der Waals surface area contributed by atoms with Crippen LogP contribution in [0.25, 0.3) is 0 Å². The minimum Gasteiger partial charge on any atom is -0.353 e. The van der Waals surface area contributed by atoms with E-state index in [-0.39, 0.29) is 23.2 Å². The Labute approximate surface area is 150 Å². The summed E-state index contributed by atoms with van der Waals surface area (Å²) in [4.78, 5) is 12.3. The second-order valence-corrected chi connectivity index (χ2v) is 7.49. The van der Waals surface area contributed by atoms with E-state index >= 15 is 0 Å². The average molecular weight is 390 g/mol. The molecule has 1 aliphatic carbocycles. The molecule has 0 saturated heterocycles. The molecule has 2 nitrogen and oxygen atoms in total. The van der Waals surface area contributed by atoms with Crippen LogP contribution in [0.15, 0.2) is 53.0 Å². The van der Waals surface area contributed by atoms with Crippen molar-refractivity contribution in [3.8, 4) is 0 Å². The molecule has 24 heavy (non-hydrogen) atoms. The third kappa shape index (κ3) is 3.86. The molecular weight excluding hydrogens is 369 g/mol. The predicted molar refractivity (Wildman–Crippen MR) is 97.4 cm³/mol. The van der Waals surface area contributed by atoms with Gasteiger partial charge in [0.15, 0.2) is 0 Å². The van der Waals surface area contributed by atoms with E-state index in [0.717, 1.165) is 22.9 Å². The zero-order valence-corrected chi connectivity index (χ0v) is 15.3. The molecule has 1 atom stereocenters. The van der Waals surface area contributed by atoms with Crippen molar-refractivity contribution in [3.05, 3.63) is 69.9 Å². The van der Waals surface area contributed by atoms with E-state index in [0.29, 0.717) is 12.8 Å². The average Bonchev–Trinajstić information content (AvgIpc) is 3.37. The number of nitrogens with one attached hydrogen (secondary N) is 1. The molecule has 1 saturated carbocycles. The van der Waals surface area contributed by atoms with Crippen molar-refractivity contribution in [1.82, 2.24) is 5.32 Å². The molecule has 0 bridgehead atoms. The highest BCUT2D eigenvalue weighted by Crippen LogP contribution is 2.51. The Morgan fingerprint density at radius 1 is 1.17 bits per heavy atom. The highest BCUT2D eigenvalue weighted by Gasteiger charge is 2.49. The fraction of sp³-hybridized carbons (Fsp3) is 0.350. The lowest BCUT2D eigenvalue weighted by Crippen LogP contribution is -2.41. The standard InChI is InChI=1S/C20H21BrFNO/c1-14(20(12-13-20)16-5-7-17(21)8-6-16)23-19(24)11-4-15-2-9-18(22)10-3-15/h2-3,5-10,14H,4,11-13H2,1H3,(H,23,24). The van der Waals surface area contributed by atoms with Crippen molar-refractivity contribution in [1.29, 1.82) is 0 Å². The number of hydrogen-bond acceptors (Lipinski definition) is 1. The largest absolute Gasteiger partial charge is 0.353 e. The molecule has 0 heterocycles. The Kier molecular flexibility index (Phi) is 5.04. The topological polar surface area (TPSA) is 29.1 Å². The summed E-state index contributed by atoms with van der Waals surface area (Å²) in [6, 6.07) is 14.8. The summed E-state index contributed by atoms with van der Waals surface area (Å²) in [6.07, 6.45) is 3.26. The Bertz CT molecular complexity index is 707. The first kappa shape index (κ1) is 17.2. The molecular formula is C20H21BrFNO. The first-order valence-corrected chi connectivity index (χ1v) is 9.09. The van der Waals surface area contributed by atoms with Crippen molar-refractivity contribution < 1.29 is 9.18 Å². The molecule has 0 aromatic heterocycles. The second-order valence-electron chi connectivity index (χ2n) is 6.58. The number of hydrogen-bond donors (Lipinski definition) is 1. The first-order chi connectivity index (χ1) is 11.5. The quantitative estimate of drug-likeness (QED) is 0.757. The molecule has 0 radical (unpaired) electrons. The van der Waals surface area contributed by atoms with Crippen LogP contribution in [0.5, 0.6) is 0 Å². The van der Waals surface area contributed by atoms with Gasteiger partial charge in [0.05, 0.1) is 0 Å². The highest BCUT2D eigenvalue weighted by molar-refractivity contribution is 9.10. The van der Waals surface area contributed by atoms with E-state index in [4.69, 9.17) is 0 Å². The van der Waals surface area contributed by atoms with Crippen LogP contribution in [0, 0.1) is 5.82 Å². The zero-order chi connectivity index (χ0) is 17.2. The lowest BCUT2D eigenvalue weighted by Gasteiger charge is -2.25. The van der Waals surface area contributed by atoms with Crippen molar-refractivity contribution >= 4 is 21.8 Å². The summed E-state index contributed by atoms with van der Waals surface area (Å²) in [5.74, 6) is -0.197. The van der Waals surface area contributed by atoms with Gasteiger partial charge in [0.1, 0.15) is 5.82 Å². The molecule has 1 N–H and O–H groups in total. The number of carbonyl (C=O) groups is 1. The van der Waals surface area contributed by atoms with Gasteiger partial charge in [0, 0.05) is 22.4 Å². The number of rotatable bonds is 6. The first-order valence-electron chi connectivity index (χ1n) is 8.29. The van der Waals surface area contributed by atoms with E-state index in [1.165, 1.54) is 17.7 Å². The fourth-order valence-electron chi connectivity index (χ4n) is 3.25. The summed E-state index contributed by atoms with van der Waals surface area (Å²) in [7, 11) is 0. The normalized spacial score (nSPS) is 16.5. The van der Waals surface area contributed by atoms with E-state index in [1.807, 2.05) is 0 Å². The van der Waals surface area contributed by atoms with E-state index in [1.54, 1.807) is 12.1 Å². The molecule has 1 fully saturated rings. The maximum atomic E-state index is 12.9. The molecule has 2 aromatic rings. The van der Waals surface area contributed by atoms with Crippen LogP contribution in [-0.2, 0) is 16.6 Å². The number of amides is 1. The van der Waals surface area contributed by atoms with E-state index < -0.39 is 0 Å². The van der Waals surface area contributed by atoms with Crippen LogP contribution in [0.1, 0.15) is 37.3 Å². The Morgan fingerprint density at radius 3 is 2.38 bits per heavy atom. The van der Waals surface area contributed by atoms with Crippen LogP contribution < -0.4 is 5.32 Å². The van der Waals surface area contributed by atoms with Gasteiger partial charge >= 0.3 is 0 Å². The molecule has 1 aliphatic rings. The molecule has 0 aliphatic heterocycles. The Balaban J connectivity index is 1.56. The number of halogens is 2. The predicted octanol–water partition coefficient (Wildman–Crippen LogP) is 4.76. The molecule has 1 amide bonds. The lowest BCUT2D eigenvalue weighted by atomic mass is 9.89. The van der Waals surface area contributed by atoms with Crippen molar-refractivity contribution in [3.63, 3.8) is 0 Å². The van der Waals surface area contributed by atoms with Gasteiger partial charge in [-0.2, -0.15) is 0 Å². The Morgan fingerprint density at radius 2 is 1.79 bits per heavy atom. The van der Waals surface area contributed by atoms with Crippen LogP contribution >= 0.6 is 15.9 Å². The van der Waals surface area contributed by atoms with Gasteiger partial charge in [0.25, 0.3) is 0 Å². The monoisotopic (exact) mass is 389 g/mol. The van der Waals surface area contributed by atoms with Gasteiger partial charge in [0.2, 0.25) is 5.91 Å². The van der Waals surface area contributed by atoms with E-state index in [2.05, 4.69) is 52.4 Å². The number of benzene rings is 2. The molecule has 0 spiro atoms. The van der Waals surface area contributed by atoms with Gasteiger partial charge in [-0.1, -0.05) is 40.2 Å². The maximum absolute atomic E-state index is 12.9. The highest BCUT2D eigenvalue weighted by atomic mass is 79.9. The summed E-state index contributed by atoms with van der Waals surface area (Å²) in [5.41, 5.74) is 2.34. The summed E-state index contributed by atoms with van der Waals surface area (Å²) in [5, 5.41) is 3.15. The zero-order valence-electron chi connectivity index (χ0n) is 13.7. The van der Waals surface area contributed by atoms with Crippen molar-refractivity contribution in [2.24, 2.45) is 0 Å². The number of carbonyl (C=O) groups excluding carboxylic acids is 1. The summed E-state index contributed by atoms with van der Waals surface area (Å²) >= 11 is 3.46.